The second kappa shape index (κ2) is 8.78. The van der Waals surface area contributed by atoms with Crippen molar-refractivity contribution < 1.29 is 19.2 Å². The fourth-order valence-corrected chi connectivity index (χ4v) is 3.49. The lowest BCUT2D eigenvalue weighted by Gasteiger charge is -2.23. The van der Waals surface area contributed by atoms with Crippen LogP contribution in [0.15, 0.2) is 53.3 Å². The first-order valence-corrected chi connectivity index (χ1v) is 9.75. The van der Waals surface area contributed by atoms with Crippen LogP contribution >= 0.6 is 0 Å². The summed E-state index contributed by atoms with van der Waals surface area (Å²) in [4.78, 5) is 55.4. The van der Waals surface area contributed by atoms with E-state index in [1.807, 2.05) is 0 Å². The number of ether oxygens (including phenoxy) is 1. The van der Waals surface area contributed by atoms with Gasteiger partial charge in [0, 0.05) is 12.5 Å². The van der Waals surface area contributed by atoms with Crippen molar-refractivity contribution in [2.45, 2.75) is 12.3 Å². The maximum atomic E-state index is 12.9. The summed E-state index contributed by atoms with van der Waals surface area (Å²) in [5.74, 6) is -1.99. The zero-order valence-electron chi connectivity index (χ0n) is 17.2. The van der Waals surface area contributed by atoms with Crippen LogP contribution < -0.4 is 26.2 Å². The van der Waals surface area contributed by atoms with Crippen molar-refractivity contribution in [3.05, 3.63) is 74.6 Å². The highest BCUT2D eigenvalue weighted by molar-refractivity contribution is 6.05. The van der Waals surface area contributed by atoms with Crippen LogP contribution in [0.1, 0.15) is 17.9 Å². The zero-order chi connectivity index (χ0) is 23.5. The third kappa shape index (κ3) is 4.35. The number of carbonyl (C=O) groups is 2. The van der Waals surface area contributed by atoms with Gasteiger partial charge in [-0.1, -0.05) is 24.3 Å². The van der Waals surface area contributed by atoms with E-state index in [9.17, 15) is 24.5 Å². The van der Waals surface area contributed by atoms with E-state index in [0.717, 1.165) is 0 Å². The van der Waals surface area contributed by atoms with E-state index in [1.54, 1.807) is 24.3 Å². The predicted octanol–water partition coefficient (Wildman–Crippen LogP) is 2.49. The number of aromatic nitrogens is 2. The quantitative estimate of drug-likeness (QED) is 0.328. The van der Waals surface area contributed by atoms with Gasteiger partial charge in [0.2, 0.25) is 17.8 Å². The Morgan fingerprint density at radius 3 is 2.58 bits per heavy atom. The topological polar surface area (TPSA) is 168 Å². The van der Waals surface area contributed by atoms with Crippen molar-refractivity contribution in [2.24, 2.45) is 0 Å². The normalized spacial score (nSPS) is 14.6. The molecule has 0 radical (unpaired) electrons. The number of amides is 2. The Hall–Kier alpha value is -4.74. The van der Waals surface area contributed by atoms with E-state index in [1.165, 1.54) is 31.4 Å². The van der Waals surface area contributed by atoms with E-state index < -0.39 is 28.2 Å². The fourth-order valence-electron chi connectivity index (χ4n) is 3.49. The first kappa shape index (κ1) is 21.5. The minimum absolute atomic E-state index is 0.0308. The lowest BCUT2D eigenvalue weighted by molar-refractivity contribution is -0.383. The first-order chi connectivity index (χ1) is 15.9. The summed E-state index contributed by atoms with van der Waals surface area (Å²) in [5.41, 5.74) is -0.513. The number of hydrogen-bond acceptors (Lipinski definition) is 8. The Labute approximate surface area is 186 Å². The summed E-state index contributed by atoms with van der Waals surface area (Å²) in [5, 5.41) is 19.1. The van der Waals surface area contributed by atoms with Crippen LogP contribution in [-0.4, -0.2) is 33.8 Å². The van der Waals surface area contributed by atoms with Crippen LogP contribution in [0.25, 0.3) is 0 Å². The number of carbonyl (C=O) groups excluding carboxylic acids is 2. The third-order valence-corrected chi connectivity index (χ3v) is 4.99. The summed E-state index contributed by atoms with van der Waals surface area (Å²) >= 11 is 0. The summed E-state index contributed by atoms with van der Waals surface area (Å²) in [6, 6.07) is 12.5. The highest BCUT2D eigenvalue weighted by atomic mass is 16.6. The van der Waals surface area contributed by atoms with Gasteiger partial charge in [0.15, 0.2) is 0 Å². The molecule has 2 heterocycles. The Morgan fingerprint density at radius 1 is 1.15 bits per heavy atom. The Kier molecular flexibility index (Phi) is 5.72. The number of methoxy groups -OCH3 is 1. The van der Waals surface area contributed by atoms with Crippen molar-refractivity contribution in [1.29, 1.82) is 0 Å². The molecule has 4 N–H and O–H groups in total. The van der Waals surface area contributed by atoms with Gasteiger partial charge in [-0.3, -0.25) is 29.5 Å². The number of H-pyrrole nitrogens is 1. The number of fused-ring (bicyclic) bond motifs is 1. The first-order valence-electron chi connectivity index (χ1n) is 9.75. The largest absolute Gasteiger partial charge is 0.495 e. The number of nitro groups is 1. The molecule has 3 aromatic rings. The van der Waals surface area contributed by atoms with Gasteiger partial charge in [0.05, 0.1) is 29.2 Å². The Bertz CT molecular complexity index is 1320. The highest BCUT2D eigenvalue weighted by Crippen LogP contribution is 2.32. The lowest BCUT2D eigenvalue weighted by Crippen LogP contribution is -2.36. The summed E-state index contributed by atoms with van der Waals surface area (Å²) in [6.45, 7) is 0. The van der Waals surface area contributed by atoms with Crippen LogP contribution in [0.3, 0.4) is 0 Å². The molecule has 12 nitrogen and oxygen atoms in total. The van der Waals surface area contributed by atoms with Crippen molar-refractivity contribution in [3.63, 3.8) is 0 Å². The van der Waals surface area contributed by atoms with Crippen molar-refractivity contribution in [2.75, 3.05) is 23.1 Å². The molecule has 168 valence electrons. The fraction of sp³-hybridized carbons (Fsp3) is 0.143. The molecule has 0 spiro atoms. The molecule has 1 atom stereocenters. The van der Waals surface area contributed by atoms with E-state index in [0.29, 0.717) is 11.4 Å². The van der Waals surface area contributed by atoms with Gasteiger partial charge in [-0.15, -0.1) is 0 Å². The van der Waals surface area contributed by atoms with Crippen LogP contribution in [-0.2, 0) is 9.59 Å². The second-order valence-electron chi connectivity index (χ2n) is 7.07. The predicted molar refractivity (Wildman–Crippen MR) is 119 cm³/mol. The minimum Gasteiger partial charge on any atom is -0.495 e. The zero-order valence-corrected chi connectivity index (χ0v) is 17.2. The maximum Gasteiger partial charge on any atom is 0.292 e. The summed E-state index contributed by atoms with van der Waals surface area (Å²) < 4.78 is 5.26. The van der Waals surface area contributed by atoms with E-state index in [-0.39, 0.29) is 35.1 Å². The maximum absolute atomic E-state index is 12.9. The molecule has 12 heteroatoms. The molecule has 1 aromatic heterocycles. The average molecular weight is 450 g/mol. The number of benzene rings is 2. The summed E-state index contributed by atoms with van der Waals surface area (Å²) in [7, 11) is 1.49. The number of nitrogens with zero attached hydrogens (tertiary/aromatic N) is 2. The molecule has 0 saturated carbocycles. The van der Waals surface area contributed by atoms with Gasteiger partial charge >= 0.3 is 0 Å². The minimum atomic E-state index is -1.19. The number of nitrogens with one attached hydrogen (secondary N) is 4. The average Bonchev–Trinajstić information content (AvgIpc) is 2.78. The SMILES string of the molecule is COc1ccccc1Nc1nc2c(c(=O)[nH]1)[C@H](C(=O)Nc1ccccc1[N+](=O)[O-])CC(=O)N2. The van der Waals surface area contributed by atoms with Crippen molar-refractivity contribution >= 4 is 40.6 Å². The molecular formula is C21H18N6O6. The number of nitro benzene ring substituents is 1. The number of para-hydroxylation sites is 4. The Balaban J connectivity index is 1.66. The second-order valence-corrected chi connectivity index (χ2v) is 7.07. The van der Waals surface area contributed by atoms with Crippen molar-refractivity contribution in [3.8, 4) is 5.75 Å². The van der Waals surface area contributed by atoms with Gasteiger partial charge < -0.3 is 20.7 Å². The van der Waals surface area contributed by atoms with Crippen LogP contribution in [0.4, 0.5) is 28.8 Å². The molecule has 0 aliphatic carbocycles. The molecule has 0 fully saturated rings. The molecule has 0 bridgehead atoms. The molecule has 2 amide bonds. The third-order valence-electron chi connectivity index (χ3n) is 4.99. The number of hydrogen-bond donors (Lipinski definition) is 4. The monoisotopic (exact) mass is 450 g/mol. The molecule has 4 rings (SSSR count). The highest BCUT2D eigenvalue weighted by Gasteiger charge is 2.35. The van der Waals surface area contributed by atoms with Crippen LogP contribution in [0, 0.1) is 10.1 Å². The van der Waals surface area contributed by atoms with Crippen LogP contribution in [0.2, 0.25) is 0 Å². The molecule has 33 heavy (non-hydrogen) atoms. The molecule has 1 aliphatic rings. The van der Waals surface area contributed by atoms with E-state index >= 15 is 0 Å². The van der Waals surface area contributed by atoms with Gasteiger partial charge in [0.1, 0.15) is 17.3 Å². The standard InChI is InChI=1S/C21H18N6O6/c1-33-15-9-5-3-7-13(15)23-21-25-18-17(20(30)26-21)11(10-16(28)24-18)19(29)22-12-6-2-4-8-14(12)27(31)32/h2-9,11H,10H2,1H3,(H,22,29)(H3,23,24,25,26,28,30)/t11-/m1/s1. The summed E-state index contributed by atoms with van der Waals surface area (Å²) in [6.07, 6.45) is -0.316. The number of aromatic amines is 1. The molecule has 0 saturated heterocycles. The van der Waals surface area contributed by atoms with Gasteiger partial charge in [-0.25, -0.2) is 0 Å². The van der Waals surface area contributed by atoms with E-state index in [2.05, 4.69) is 25.9 Å². The Morgan fingerprint density at radius 2 is 1.85 bits per heavy atom. The number of anilines is 4. The van der Waals surface area contributed by atoms with Crippen LogP contribution in [0.5, 0.6) is 5.75 Å². The molecular weight excluding hydrogens is 432 g/mol. The van der Waals surface area contributed by atoms with Crippen molar-refractivity contribution in [1.82, 2.24) is 9.97 Å². The molecule has 2 aromatic carbocycles. The lowest BCUT2D eigenvalue weighted by atomic mass is 9.92. The van der Waals surface area contributed by atoms with Gasteiger partial charge in [-0.2, -0.15) is 4.98 Å². The molecule has 0 unspecified atom stereocenters. The smallest absolute Gasteiger partial charge is 0.292 e. The number of rotatable bonds is 6. The van der Waals surface area contributed by atoms with E-state index in [4.69, 9.17) is 4.74 Å². The van der Waals surface area contributed by atoms with Gasteiger partial charge in [-0.05, 0) is 18.2 Å². The molecule has 1 aliphatic heterocycles. The van der Waals surface area contributed by atoms with Gasteiger partial charge in [0.25, 0.3) is 11.2 Å².